The van der Waals surface area contributed by atoms with Crippen LogP contribution in [0.1, 0.15) is 18.1 Å². The predicted molar refractivity (Wildman–Crippen MR) is 164 cm³/mol. The van der Waals surface area contributed by atoms with Crippen molar-refractivity contribution >= 4 is 45.4 Å². The van der Waals surface area contributed by atoms with Crippen molar-refractivity contribution in [2.45, 2.75) is 13.5 Å². The SMILES string of the molecule is CCOc1cc(C=Nn2c(-c3cc4cc(Cl)ccc4o3)nc3ccccc3c2=O)ccc1OCc1cccc([N+](=O)[O-])c1. The second-order valence-electron chi connectivity index (χ2n) is 9.46. The van der Waals surface area contributed by atoms with Gasteiger partial charge >= 0.3 is 0 Å². The Morgan fingerprint density at radius 3 is 2.70 bits per heavy atom. The van der Waals surface area contributed by atoms with Gasteiger partial charge in [-0.1, -0.05) is 35.9 Å². The van der Waals surface area contributed by atoms with E-state index >= 15 is 0 Å². The van der Waals surface area contributed by atoms with E-state index in [4.69, 9.17) is 30.5 Å². The summed E-state index contributed by atoms with van der Waals surface area (Å²) in [5, 5.41) is 17.3. The highest BCUT2D eigenvalue weighted by molar-refractivity contribution is 6.31. The normalized spacial score (nSPS) is 11.4. The highest BCUT2D eigenvalue weighted by Crippen LogP contribution is 2.31. The quantitative estimate of drug-likeness (QED) is 0.0982. The second kappa shape index (κ2) is 11.8. The third kappa shape index (κ3) is 5.81. The molecule has 43 heavy (non-hydrogen) atoms. The van der Waals surface area contributed by atoms with Crippen LogP contribution in [0.25, 0.3) is 33.5 Å². The van der Waals surface area contributed by atoms with Crippen molar-refractivity contribution in [3.63, 3.8) is 0 Å². The number of ether oxygens (including phenoxy) is 2. The lowest BCUT2D eigenvalue weighted by molar-refractivity contribution is -0.384. The smallest absolute Gasteiger partial charge is 0.282 e. The molecule has 0 unspecified atom stereocenters. The van der Waals surface area contributed by atoms with Crippen molar-refractivity contribution in [2.75, 3.05) is 6.61 Å². The molecule has 0 N–H and O–H groups in total. The number of aromatic nitrogens is 2. The third-order valence-corrected chi connectivity index (χ3v) is 6.79. The van der Waals surface area contributed by atoms with Gasteiger partial charge in [0, 0.05) is 22.5 Å². The molecule has 0 atom stereocenters. The molecule has 0 aliphatic heterocycles. The summed E-state index contributed by atoms with van der Waals surface area (Å²) in [6.45, 7) is 2.33. The first-order valence-electron chi connectivity index (χ1n) is 13.3. The average molecular weight is 595 g/mol. The molecule has 6 rings (SSSR count). The molecule has 0 bridgehead atoms. The highest BCUT2D eigenvalue weighted by Gasteiger charge is 2.17. The summed E-state index contributed by atoms with van der Waals surface area (Å²) in [5.41, 5.74) is 2.01. The second-order valence-corrected chi connectivity index (χ2v) is 9.90. The maximum absolute atomic E-state index is 13.6. The predicted octanol–water partition coefficient (Wildman–Crippen LogP) is 7.23. The van der Waals surface area contributed by atoms with Gasteiger partial charge in [-0.25, -0.2) is 4.98 Å². The van der Waals surface area contributed by atoms with Crippen molar-refractivity contribution in [3.05, 3.63) is 128 Å². The van der Waals surface area contributed by atoms with Crippen LogP contribution in [0.5, 0.6) is 11.5 Å². The minimum Gasteiger partial charge on any atom is -0.490 e. The number of para-hydroxylation sites is 1. The van der Waals surface area contributed by atoms with Gasteiger partial charge in [0.15, 0.2) is 17.3 Å². The van der Waals surface area contributed by atoms with Crippen LogP contribution in [0.15, 0.2) is 105 Å². The fraction of sp³-hybridized carbons (Fsp3) is 0.0938. The van der Waals surface area contributed by atoms with Crippen molar-refractivity contribution in [3.8, 4) is 23.1 Å². The Bertz CT molecular complexity index is 2080. The van der Waals surface area contributed by atoms with E-state index in [0.29, 0.717) is 56.5 Å². The number of hydrogen-bond donors (Lipinski definition) is 0. The number of non-ortho nitro benzene ring substituents is 1. The van der Waals surface area contributed by atoms with Crippen molar-refractivity contribution in [2.24, 2.45) is 5.10 Å². The van der Waals surface area contributed by atoms with E-state index in [1.165, 1.54) is 23.0 Å². The van der Waals surface area contributed by atoms with Crippen LogP contribution in [0.4, 0.5) is 5.69 Å². The van der Waals surface area contributed by atoms with Crippen LogP contribution in [0.3, 0.4) is 0 Å². The van der Waals surface area contributed by atoms with Crippen molar-refractivity contribution in [1.29, 1.82) is 0 Å². The van der Waals surface area contributed by atoms with E-state index < -0.39 is 4.92 Å². The van der Waals surface area contributed by atoms with Gasteiger partial charge < -0.3 is 13.9 Å². The summed E-state index contributed by atoms with van der Waals surface area (Å²) in [5.74, 6) is 1.50. The Kier molecular flexibility index (Phi) is 7.59. The van der Waals surface area contributed by atoms with Crippen LogP contribution in [0.2, 0.25) is 5.02 Å². The lowest BCUT2D eigenvalue weighted by atomic mass is 10.2. The van der Waals surface area contributed by atoms with E-state index in [9.17, 15) is 14.9 Å². The molecule has 0 radical (unpaired) electrons. The zero-order valence-electron chi connectivity index (χ0n) is 22.8. The summed E-state index contributed by atoms with van der Waals surface area (Å²) in [4.78, 5) is 28.9. The first-order valence-corrected chi connectivity index (χ1v) is 13.7. The summed E-state index contributed by atoms with van der Waals surface area (Å²) in [6, 6.07) is 25.5. The Morgan fingerprint density at radius 1 is 1.00 bits per heavy atom. The number of nitro benzene ring substituents is 1. The molecule has 2 heterocycles. The summed E-state index contributed by atoms with van der Waals surface area (Å²) >= 11 is 6.16. The molecule has 11 heteroatoms. The van der Waals surface area contributed by atoms with Gasteiger partial charge in [0.2, 0.25) is 5.82 Å². The summed E-state index contributed by atoms with van der Waals surface area (Å²) < 4.78 is 19.0. The fourth-order valence-electron chi connectivity index (χ4n) is 4.55. The van der Waals surface area contributed by atoms with Crippen LogP contribution >= 0.6 is 11.6 Å². The van der Waals surface area contributed by atoms with E-state index in [-0.39, 0.29) is 23.7 Å². The molecule has 6 aromatic rings. The molecule has 2 aromatic heterocycles. The van der Waals surface area contributed by atoms with E-state index in [2.05, 4.69) is 5.10 Å². The Morgan fingerprint density at radius 2 is 1.86 bits per heavy atom. The molecule has 0 fully saturated rings. The molecule has 0 saturated carbocycles. The maximum atomic E-state index is 13.6. The first-order chi connectivity index (χ1) is 20.9. The maximum Gasteiger partial charge on any atom is 0.282 e. The van der Waals surface area contributed by atoms with Gasteiger partial charge in [0.25, 0.3) is 11.2 Å². The largest absolute Gasteiger partial charge is 0.490 e. The Balaban J connectivity index is 1.35. The van der Waals surface area contributed by atoms with Crippen molar-refractivity contribution < 1.29 is 18.8 Å². The van der Waals surface area contributed by atoms with Gasteiger partial charge in [0.05, 0.1) is 28.6 Å². The van der Waals surface area contributed by atoms with Gasteiger partial charge in [-0.2, -0.15) is 9.78 Å². The first kappa shape index (κ1) is 27.7. The molecule has 0 aliphatic carbocycles. The van der Waals surface area contributed by atoms with Crippen LogP contribution in [-0.2, 0) is 6.61 Å². The summed E-state index contributed by atoms with van der Waals surface area (Å²) in [6.07, 6.45) is 1.52. The lowest BCUT2D eigenvalue weighted by Crippen LogP contribution is -2.20. The monoisotopic (exact) mass is 594 g/mol. The fourth-order valence-corrected chi connectivity index (χ4v) is 4.73. The molecule has 0 amide bonds. The molecule has 214 valence electrons. The number of halogens is 1. The topological polar surface area (TPSA) is 122 Å². The molecule has 4 aromatic carbocycles. The van der Waals surface area contributed by atoms with Gasteiger partial charge in [-0.05, 0) is 72.6 Å². The number of nitrogens with zero attached hydrogens (tertiary/aromatic N) is 4. The zero-order valence-corrected chi connectivity index (χ0v) is 23.5. The van der Waals surface area contributed by atoms with Crippen molar-refractivity contribution in [1.82, 2.24) is 9.66 Å². The lowest BCUT2D eigenvalue weighted by Gasteiger charge is -2.13. The van der Waals surface area contributed by atoms with Crippen LogP contribution < -0.4 is 15.0 Å². The number of hydrogen-bond acceptors (Lipinski definition) is 8. The molecular formula is C32H23ClN4O6. The van der Waals surface area contributed by atoms with Gasteiger partial charge in [-0.3, -0.25) is 14.9 Å². The number of nitro groups is 1. The molecule has 0 spiro atoms. The van der Waals surface area contributed by atoms with Crippen LogP contribution in [-0.4, -0.2) is 27.4 Å². The average Bonchev–Trinajstić information content (AvgIpc) is 3.43. The minimum absolute atomic E-state index is 0.0121. The van der Waals surface area contributed by atoms with Gasteiger partial charge in [0.1, 0.15) is 12.2 Å². The minimum atomic E-state index is -0.450. The van der Waals surface area contributed by atoms with E-state index in [1.807, 2.05) is 13.0 Å². The molecule has 0 aliphatic rings. The standard InChI is InChI=1S/C32H23ClN4O6/c1-2-41-29-15-20(10-12-28(29)42-19-21-6-5-7-24(14-21)37(39)40)18-34-36-31(35-26-9-4-3-8-25(26)32(36)38)30-17-22-16-23(33)11-13-27(22)43-30/h3-18H,2,19H2,1H3. The third-order valence-electron chi connectivity index (χ3n) is 6.56. The highest BCUT2D eigenvalue weighted by atomic mass is 35.5. The molecule has 10 nitrogen and oxygen atoms in total. The number of rotatable bonds is 9. The zero-order chi connectivity index (χ0) is 29.9. The Hall–Kier alpha value is -5.48. The molecular weight excluding hydrogens is 572 g/mol. The van der Waals surface area contributed by atoms with E-state index in [0.717, 1.165) is 5.39 Å². The number of benzene rings is 4. The molecule has 0 saturated heterocycles. The number of fused-ring (bicyclic) bond motifs is 2. The van der Waals surface area contributed by atoms with Gasteiger partial charge in [-0.15, -0.1) is 0 Å². The summed E-state index contributed by atoms with van der Waals surface area (Å²) in [7, 11) is 0. The Labute approximate surface area is 249 Å². The van der Waals surface area contributed by atoms with E-state index in [1.54, 1.807) is 72.8 Å². The van der Waals surface area contributed by atoms with Crippen LogP contribution in [0, 0.1) is 10.1 Å². The number of furan rings is 1.